The Kier molecular flexibility index (Phi) is 12.5. The largest absolute Gasteiger partial charge is 0.458 e. The lowest BCUT2D eigenvalue weighted by Crippen LogP contribution is -2.31. The number of rotatable bonds is 9. The van der Waals surface area contributed by atoms with Crippen LogP contribution in [0.5, 0.6) is 11.5 Å². The molecule has 11 rings (SSSR count). The molecule has 5 heteroatoms. The van der Waals surface area contributed by atoms with E-state index < -0.39 is 0 Å². The molecule has 0 bridgehead atoms. The minimum absolute atomic E-state index is 0.0422. The second-order valence-corrected chi connectivity index (χ2v) is 25.0. The zero-order valence-corrected chi connectivity index (χ0v) is 46.4. The SMILES string of the molecule is CC(C)(C)Cc1cc(-n2c3ccccc3c3ccc(Oc4cccc(-n5[c-][n+](-c6c(-c7ccccc7)cccc6-c6cc(C(C)(C)C)cc(C(C)(C)C)c6)c6ccccc65)c4)cc32)ncc1-c1ccc(C(C)(C)C)cc1. The van der Waals surface area contributed by atoms with Crippen LogP contribution in [0.2, 0.25) is 0 Å². The van der Waals surface area contributed by atoms with E-state index in [1.807, 2.05) is 6.07 Å². The molecule has 5 nitrogen and oxygen atoms in total. The summed E-state index contributed by atoms with van der Waals surface area (Å²) in [5.74, 6) is 2.35. The van der Waals surface area contributed by atoms with Gasteiger partial charge in [0.15, 0.2) is 0 Å². The number of benzene rings is 8. The van der Waals surface area contributed by atoms with Crippen molar-refractivity contribution in [2.24, 2.45) is 5.41 Å². The van der Waals surface area contributed by atoms with Crippen LogP contribution in [0.3, 0.4) is 0 Å². The van der Waals surface area contributed by atoms with Gasteiger partial charge in [-0.15, -0.1) is 0 Å². The lowest BCUT2D eigenvalue weighted by Gasteiger charge is -2.27. The number of imidazole rings is 1. The molecule has 0 aliphatic carbocycles. The topological polar surface area (TPSA) is 35.9 Å². The molecule has 0 atom stereocenters. The van der Waals surface area contributed by atoms with Crippen molar-refractivity contribution in [3.8, 4) is 62.1 Å². The van der Waals surface area contributed by atoms with Crippen molar-refractivity contribution in [2.75, 3.05) is 0 Å². The summed E-state index contributed by atoms with van der Waals surface area (Å²) in [6.07, 6.45) is 6.88. The molecule has 3 aromatic heterocycles. The Morgan fingerprint density at radius 1 is 0.461 bits per heavy atom. The van der Waals surface area contributed by atoms with Crippen molar-refractivity contribution < 1.29 is 9.30 Å². The van der Waals surface area contributed by atoms with Crippen molar-refractivity contribution in [2.45, 2.75) is 106 Å². The van der Waals surface area contributed by atoms with Gasteiger partial charge >= 0.3 is 0 Å². The Morgan fingerprint density at radius 2 is 1.05 bits per heavy atom. The van der Waals surface area contributed by atoms with Gasteiger partial charge in [-0.1, -0.05) is 223 Å². The monoisotopic (exact) mass is 995 g/mol. The fraction of sp³-hybridized carbons (Fsp3) is 0.239. The van der Waals surface area contributed by atoms with Gasteiger partial charge in [-0.3, -0.25) is 13.7 Å². The predicted octanol–water partition coefficient (Wildman–Crippen LogP) is 18.5. The Balaban J connectivity index is 1.01. The molecule has 0 N–H and O–H groups in total. The van der Waals surface area contributed by atoms with Gasteiger partial charge in [0.1, 0.15) is 17.3 Å². The van der Waals surface area contributed by atoms with Gasteiger partial charge in [-0.25, -0.2) is 4.98 Å². The van der Waals surface area contributed by atoms with Gasteiger partial charge in [0.05, 0.1) is 33.4 Å². The second-order valence-electron chi connectivity index (χ2n) is 25.0. The van der Waals surface area contributed by atoms with Crippen LogP contribution in [0.1, 0.15) is 105 Å². The van der Waals surface area contributed by atoms with Gasteiger partial charge < -0.3 is 4.74 Å². The average molecular weight is 995 g/mol. The first-order valence-corrected chi connectivity index (χ1v) is 26.9. The molecule has 0 radical (unpaired) electrons. The third-order valence-corrected chi connectivity index (χ3v) is 14.8. The summed E-state index contributed by atoms with van der Waals surface area (Å²) >= 11 is 0. The lowest BCUT2D eigenvalue weighted by molar-refractivity contribution is -0.571. The van der Waals surface area contributed by atoms with Crippen LogP contribution in [-0.2, 0) is 22.7 Å². The number of fused-ring (bicyclic) bond motifs is 4. The number of pyridine rings is 1. The van der Waals surface area contributed by atoms with Crippen LogP contribution in [0.15, 0.2) is 194 Å². The van der Waals surface area contributed by atoms with Gasteiger partial charge in [0, 0.05) is 28.6 Å². The molecular formula is C71H70N4O. The van der Waals surface area contributed by atoms with Crippen molar-refractivity contribution >= 4 is 32.8 Å². The molecule has 8 aromatic carbocycles. The summed E-state index contributed by atoms with van der Waals surface area (Å²) in [6, 6.07) is 68.0. The first-order valence-electron chi connectivity index (χ1n) is 26.9. The fourth-order valence-corrected chi connectivity index (χ4v) is 10.8. The maximum absolute atomic E-state index is 6.90. The van der Waals surface area contributed by atoms with Crippen molar-refractivity contribution in [3.05, 3.63) is 223 Å². The van der Waals surface area contributed by atoms with Crippen LogP contribution < -0.4 is 9.30 Å². The van der Waals surface area contributed by atoms with Gasteiger partial charge in [0.25, 0.3) is 6.33 Å². The van der Waals surface area contributed by atoms with E-state index >= 15 is 0 Å². The molecular weight excluding hydrogens is 925 g/mol. The van der Waals surface area contributed by atoms with Crippen molar-refractivity contribution in [1.29, 1.82) is 0 Å². The molecule has 11 aromatic rings. The summed E-state index contributed by atoms with van der Waals surface area (Å²) in [5, 5.41) is 2.31. The van der Waals surface area contributed by atoms with E-state index in [-0.39, 0.29) is 21.7 Å². The van der Waals surface area contributed by atoms with E-state index in [1.165, 1.54) is 44.3 Å². The minimum Gasteiger partial charge on any atom is -0.458 e. The quantitative estimate of drug-likeness (QED) is 0.107. The molecule has 0 saturated heterocycles. The lowest BCUT2D eigenvalue weighted by atomic mass is 9.78. The molecule has 0 amide bonds. The molecule has 380 valence electrons. The van der Waals surface area contributed by atoms with Crippen LogP contribution in [0.25, 0.3) is 83.4 Å². The Morgan fingerprint density at radius 3 is 1.74 bits per heavy atom. The van der Waals surface area contributed by atoms with E-state index in [1.54, 1.807) is 0 Å². The van der Waals surface area contributed by atoms with Crippen LogP contribution in [-0.4, -0.2) is 14.1 Å². The molecule has 0 unspecified atom stereocenters. The standard InChI is InChI=1S/C71H70N4O/c1-68(2,3)44-50-40-66(72-45-61(50)48-32-34-51(35-33-48)69(4,5)6)75-62-29-17-16-26-59(62)60-37-36-56(43-65(60)75)76-55-25-20-24-54(42-55)73-46-74(64-31-19-18-30-63(64)73)67-57(47-22-14-13-15-23-47)27-21-28-58(67)49-38-52(70(7,8)9)41-53(39-49)71(10,11)12/h13-43,45H,44H2,1-12H3. The molecule has 0 saturated carbocycles. The van der Waals surface area contributed by atoms with E-state index in [9.17, 15) is 0 Å². The third kappa shape index (κ3) is 9.76. The Labute approximate surface area is 450 Å². The summed E-state index contributed by atoms with van der Waals surface area (Å²) in [5.41, 5.74) is 18.5. The third-order valence-electron chi connectivity index (χ3n) is 14.8. The highest BCUT2D eigenvalue weighted by Gasteiger charge is 2.26. The Bertz CT molecular complexity index is 3920. The highest BCUT2D eigenvalue weighted by atomic mass is 16.5. The highest BCUT2D eigenvalue weighted by molar-refractivity contribution is 6.09. The number of ether oxygens (including phenoxy) is 1. The fourth-order valence-electron chi connectivity index (χ4n) is 10.8. The van der Waals surface area contributed by atoms with Crippen molar-refractivity contribution in [3.63, 3.8) is 0 Å². The second kappa shape index (κ2) is 19.0. The molecule has 0 spiro atoms. The van der Waals surface area contributed by atoms with Crippen molar-refractivity contribution in [1.82, 2.24) is 14.1 Å². The predicted molar refractivity (Wildman–Crippen MR) is 318 cm³/mol. The number of para-hydroxylation sites is 4. The maximum Gasteiger partial charge on any atom is 0.269 e. The summed E-state index contributed by atoms with van der Waals surface area (Å²) in [7, 11) is 0. The summed E-state index contributed by atoms with van der Waals surface area (Å²) in [4.78, 5) is 5.25. The zero-order valence-electron chi connectivity index (χ0n) is 46.4. The average Bonchev–Trinajstić information content (AvgIpc) is 4.01. The minimum atomic E-state index is -0.0422. The van der Waals surface area contributed by atoms with Gasteiger partial charge in [-0.2, -0.15) is 0 Å². The normalized spacial score (nSPS) is 12.5. The number of hydrogen-bond donors (Lipinski definition) is 0. The smallest absolute Gasteiger partial charge is 0.269 e. The molecule has 3 heterocycles. The molecule has 76 heavy (non-hydrogen) atoms. The van der Waals surface area contributed by atoms with Gasteiger partial charge in [-0.05, 0) is 121 Å². The van der Waals surface area contributed by atoms with E-state index in [0.717, 1.165) is 79.3 Å². The Hall–Kier alpha value is -8.02. The molecule has 0 fully saturated rings. The highest BCUT2D eigenvalue weighted by Crippen LogP contribution is 2.41. The maximum atomic E-state index is 6.90. The summed E-state index contributed by atoms with van der Waals surface area (Å²) < 4.78 is 13.6. The molecule has 0 aliphatic heterocycles. The van der Waals surface area contributed by atoms with E-state index in [2.05, 4.69) is 291 Å². The van der Waals surface area contributed by atoms with Crippen LogP contribution >= 0.6 is 0 Å². The van der Waals surface area contributed by atoms with Crippen LogP contribution in [0, 0.1) is 11.7 Å². The van der Waals surface area contributed by atoms with E-state index in [4.69, 9.17) is 9.72 Å². The number of hydrogen-bond acceptors (Lipinski definition) is 2. The first kappa shape index (κ1) is 50.2. The van der Waals surface area contributed by atoms with Gasteiger partial charge in [0.2, 0.25) is 0 Å². The summed E-state index contributed by atoms with van der Waals surface area (Å²) in [6.45, 7) is 27.6. The molecule has 0 aliphatic rings. The number of aromatic nitrogens is 4. The van der Waals surface area contributed by atoms with Crippen LogP contribution in [0.4, 0.5) is 0 Å². The first-order chi connectivity index (χ1) is 36.2. The number of nitrogens with zero attached hydrogens (tertiary/aromatic N) is 4. The van der Waals surface area contributed by atoms with E-state index in [0.29, 0.717) is 0 Å². The zero-order chi connectivity index (χ0) is 53.3.